The molecular formula is C17H10BrCl2F7N2O. The van der Waals surface area contributed by atoms with Crippen molar-refractivity contribution in [3.8, 4) is 5.75 Å². The van der Waals surface area contributed by atoms with Crippen LogP contribution in [-0.4, -0.2) is 24.4 Å². The molecule has 0 radical (unpaired) electrons. The summed E-state index contributed by atoms with van der Waals surface area (Å²) in [5.74, 6) is -6.26. The highest BCUT2D eigenvalue weighted by Crippen LogP contribution is 2.45. The van der Waals surface area contributed by atoms with Crippen molar-refractivity contribution in [2.45, 2.75) is 24.8 Å². The zero-order valence-electron chi connectivity index (χ0n) is 14.4. The summed E-state index contributed by atoms with van der Waals surface area (Å²) in [5.41, 5.74) is 1.09. The fraction of sp³-hybridized carbons (Fsp3) is 0.235. The molecule has 30 heavy (non-hydrogen) atoms. The molecule has 1 N–H and O–H groups in total. The number of hydrazone groups is 1. The van der Waals surface area contributed by atoms with Crippen molar-refractivity contribution in [2.75, 3.05) is 0 Å². The van der Waals surface area contributed by atoms with E-state index in [9.17, 15) is 30.7 Å². The second-order valence-corrected chi connectivity index (χ2v) is 7.48. The first-order chi connectivity index (χ1) is 13.7. The van der Waals surface area contributed by atoms with Crippen molar-refractivity contribution in [3.05, 3.63) is 62.0 Å². The molecule has 0 spiro atoms. The summed E-state index contributed by atoms with van der Waals surface area (Å²) in [5, 5.41) is 3.52. The molecule has 3 nitrogen and oxygen atoms in total. The van der Waals surface area contributed by atoms with Crippen LogP contribution in [0, 0.1) is 0 Å². The Morgan fingerprint density at radius 3 is 2.27 bits per heavy atom. The average molecular weight is 542 g/mol. The van der Waals surface area contributed by atoms with E-state index in [2.05, 4.69) is 21.0 Å². The van der Waals surface area contributed by atoms with E-state index < -0.39 is 18.1 Å². The van der Waals surface area contributed by atoms with Crippen LogP contribution in [0.1, 0.15) is 11.1 Å². The van der Waals surface area contributed by atoms with Crippen molar-refractivity contribution in [1.29, 1.82) is 0 Å². The summed E-state index contributed by atoms with van der Waals surface area (Å²) in [7, 11) is 0. The van der Waals surface area contributed by atoms with Gasteiger partial charge in [-0.25, -0.2) is 5.43 Å². The van der Waals surface area contributed by atoms with Crippen LogP contribution in [0.4, 0.5) is 30.7 Å². The number of hydrogen-bond acceptors (Lipinski definition) is 3. The molecular weight excluding hydrogens is 532 g/mol. The molecule has 2 aromatic rings. The highest BCUT2D eigenvalue weighted by atomic mass is 79.9. The van der Waals surface area contributed by atoms with Gasteiger partial charge in [0.15, 0.2) is 0 Å². The van der Waals surface area contributed by atoms with E-state index >= 15 is 0 Å². The SMILES string of the molecule is FC(F)(F)C(F)(F)C(F)(F)N/N=C/c1cc(Br)ccc1OCc1ccc(Cl)cc1Cl. The van der Waals surface area contributed by atoms with Gasteiger partial charge < -0.3 is 4.74 Å². The van der Waals surface area contributed by atoms with E-state index in [4.69, 9.17) is 27.9 Å². The fourth-order valence-electron chi connectivity index (χ4n) is 1.98. The van der Waals surface area contributed by atoms with Gasteiger partial charge in [-0.1, -0.05) is 45.2 Å². The average Bonchev–Trinajstić information content (AvgIpc) is 2.61. The first-order valence-corrected chi connectivity index (χ1v) is 9.28. The number of nitrogens with one attached hydrogen (secondary N) is 1. The van der Waals surface area contributed by atoms with E-state index in [1.807, 2.05) is 0 Å². The number of benzene rings is 2. The van der Waals surface area contributed by atoms with Crippen molar-refractivity contribution in [1.82, 2.24) is 5.43 Å². The summed E-state index contributed by atoms with van der Waals surface area (Å²) >= 11 is 14.9. The maximum absolute atomic E-state index is 13.3. The third-order valence-corrected chi connectivity index (χ3v) is 4.61. The maximum atomic E-state index is 13.3. The van der Waals surface area contributed by atoms with Crippen LogP contribution >= 0.6 is 39.1 Å². The van der Waals surface area contributed by atoms with E-state index in [-0.39, 0.29) is 17.9 Å². The zero-order chi connectivity index (χ0) is 22.7. The van der Waals surface area contributed by atoms with Crippen LogP contribution in [0.25, 0.3) is 0 Å². The number of halogens is 10. The van der Waals surface area contributed by atoms with Crippen molar-refractivity contribution < 1.29 is 35.5 Å². The minimum absolute atomic E-state index is 0.00749. The van der Waals surface area contributed by atoms with Gasteiger partial charge in [-0.15, -0.1) is 0 Å². The number of ether oxygens (including phenoxy) is 1. The van der Waals surface area contributed by atoms with Crippen molar-refractivity contribution in [2.24, 2.45) is 5.10 Å². The van der Waals surface area contributed by atoms with Gasteiger partial charge in [0.2, 0.25) is 0 Å². The molecule has 2 aromatic carbocycles. The molecule has 0 fully saturated rings. The van der Waals surface area contributed by atoms with Crippen LogP contribution in [0.3, 0.4) is 0 Å². The summed E-state index contributed by atoms with van der Waals surface area (Å²) in [6, 6.07) is 3.18. The molecule has 0 aliphatic heterocycles. The predicted octanol–water partition coefficient (Wildman–Crippen LogP) is 7.05. The summed E-state index contributed by atoms with van der Waals surface area (Å²) in [4.78, 5) is 0. The Hall–Kier alpha value is -1.72. The first-order valence-electron chi connectivity index (χ1n) is 7.73. The molecule has 0 amide bonds. The fourth-order valence-corrected chi connectivity index (χ4v) is 2.82. The first kappa shape index (κ1) is 24.5. The lowest BCUT2D eigenvalue weighted by molar-refractivity contribution is -0.361. The number of alkyl halides is 7. The number of hydrogen-bond donors (Lipinski definition) is 1. The molecule has 0 saturated heterocycles. The molecule has 0 atom stereocenters. The molecule has 13 heteroatoms. The van der Waals surface area contributed by atoms with Crippen molar-refractivity contribution >= 4 is 45.3 Å². The summed E-state index contributed by atoms with van der Waals surface area (Å²) < 4.78 is 94.7. The van der Waals surface area contributed by atoms with Gasteiger partial charge in [-0.2, -0.15) is 35.8 Å². The Morgan fingerprint density at radius 1 is 1.00 bits per heavy atom. The Balaban J connectivity index is 2.19. The molecule has 0 saturated carbocycles. The van der Waals surface area contributed by atoms with Gasteiger partial charge in [0.25, 0.3) is 0 Å². The Kier molecular flexibility index (Phi) is 7.52. The van der Waals surface area contributed by atoms with E-state index in [1.165, 1.54) is 24.3 Å². The number of nitrogens with zero attached hydrogens (tertiary/aromatic N) is 1. The summed E-state index contributed by atoms with van der Waals surface area (Å²) in [6.45, 7) is -0.0752. The van der Waals surface area contributed by atoms with Gasteiger partial charge in [0.05, 0.1) is 6.21 Å². The largest absolute Gasteiger partial charge is 0.488 e. The van der Waals surface area contributed by atoms with E-state index in [0.29, 0.717) is 31.7 Å². The molecule has 0 aromatic heterocycles. The monoisotopic (exact) mass is 540 g/mol. The lowest BCUT2D eigenvalue weighted by Gasteiger charge is -2.27. The summed E-state index contributed by atoms with van der Waals surface area (Å²) in [6.07, 6.45) is -5.86. The van der Waals surface area contributed by atoms with Gasteiger partial charge >= 0.3 is 18.1 Å². The molecule has 2 rings (SSSR count). The highest BCUT2D eigenvalue weighted by molar-refractivity contribution is 9.10. The van der Waals surface area contributed by atoms with Crippen LogP contribution in [0.2, 0.25) is 10.0 Å². The molecule has 0 bridgehead atoms. The Morgan fingerprint density at radius 2 is 1.67 bits per heavy atom. The van der Waals surface area contributed by atoms with Gasteiger partial charge in [0, 0.05) is 25.6 Å². The van der Waals surface area contributed by atoms with Crippen LogP contribution in [0.5, 0.6) is 5.75 Å². The molecule has 0 aliphatic rings. The lowest BCUT2D eigenvalue weighted by Crippen LogP contribution is -2.58. The normalized spacial score (nSPS) is 13.0. The second-order valence-electron chi connectivity index (χ2n) is 5.72. The van der Waals surface area contributed by atoms with Crippen LogP contribution in [-0.2, 0) is 6.61 Å². The molecule has 0 unspecified atom stereocenters. The molecule has 0 aliphatic carbocycles. The minimum atomic E-state index is -6.47. The van der Waals surface area contributed by atoms with E-state index in [1.54, 1.807) is 12.1 Å². The standard InChI is InChI=1S/C17H10BrCl2F7N2O/c18-11-2-4-14(30-8-9-1-3-12(19)6-13(9)20)10(5-11)7-28-29-17(26,27)15(21,22)16(23,24)25/h1-7,29H,8H2/b28-7+. The van der Waals surface area contributed by atoms with Gasteiger partial charge in [-0.3, -0.25) is 0 Å². The highest BCUT2D eigenvalue weighted by Gasteiger charge is 2.73. The quantitative estimate of drug-likeness (QED) is 0.176. The third kappa shape index (κ3) is 5.70. The van der Waals surface area contributed by atoms with E-state index in [0.717, 1.165) is 0 Å². The zero-order valence-corrected chi connectivity index (χ0v) is 17.5. The lowest BCUT2D eigenvalue weighted by atomic mass is 10.2. The third-order valence-electron chi connectivity index (χ3n) is 3.53. The smallest absolute Gasteiger partial charge is 0.462 e. The number of rotatable bonds is 7. The van der Waals surface area contributed by atoms with Crippen LogP contribution in [0.15, 0.2) is 46.0 Å². The second kappa shape index (κ2) is 9.19. The van der Waals surface area contributed by atoms with Gasteiger partial charge in [-0.05, 0) is 30.3 Å². The molecule has 164 valence electrons. The van der Waals surface area contributed by atoms with Gasteiger partial charge in [0.1, 0.15) is 12.4 Å². The minimum Gasteiger partial charge on any atom is -0.488 e. The maximum Gasteiger partial charge on any atom is 0.462 e. The predicted molar refractivity (Wildman–Crippen MR) is 102 cm³/mol. The van der Waals surface area contributed by atoms with Crippen LogP contribution < -0.4 is 10.2 Å². The Bertz CT molecular complexity index is 939. The molecule has 0 heterocycles. The topological polar surface area (TPSA) is 33.6 Å². The Labute approximate surface area is 183 Å². The van der Waals surface area contributed by atoms with Crippen molar-refractivity contribution in [3.63, 3.8) is 0 Å².